The van der Waals surface area contributed by atoms with E-state index in [2.05, 4.69) is 9.97 Å². The number of aryl methyl sites for hydroxylation is 2. The first kappa shape index (κ1) is 16.5. The molecule has 0 unspecified atom stereocenters. The molecule has 0 atom stereocenters. The number of alkyl halides is 3. The number of rotatable bonds is 8. The summed E-state index contributed by atoms with van der Waals surface area (Å²) in [5, 5.41) is 0. The largest absolute Gasteiger partial charge is 0.416 e. The first-order valence-electron chi connectivity index (χ1n) is 7.27. The van der Waals surface area contributed by atoms with E-state index in [1.807, 2.05) is 6.20 Å². The summed E-state index contributed by atoms with van der Waals surface area (Å²) < 4.78 is 43.2. The molecular formula is C16H19F3N2O. The number of aromatic nitrogens is 2. The van der Waals surface area contributed by atoms with Crippen LogP contribution in [-0.2, 0) is 23.8 Å². The molecule has 1 heterocycles. The van der Waals surface area contributed by atoms with Crippen LogP contribution in [0.25, 0.3) is 0 Å². The van der Waals surface area contributed by atoms with E-state index in [-0.39, 0.29) is 0 Å². The molecule has 0 saturated carbocycles. The van der Waals surface area contributed by atoms with Crippen molar-refractivity contribution in [3.63, 3.8) is 0 Å². The van der Waals surface area contributed by atoms with E-state index < -0.39 is 11.7 Å². The van der Waals surface area contributed by atoms with Crippen LogP contribution in [0.4, 0.5) is 13.2 Å². The maximum Gasteiger partial charge on any atom is 0.416 e. The van der Waals surface area contributed by atoms with Gasteiger partial charge in [0.05, 0.1) is 17.6 Å². The molecular weight excluding hydrogens is 293 g/mol. The molecule has 0 saturated heterocycles. The highest BCUT2D eigenvalue weighted by atomic mass is 19.4. The molecule has 22 heavy (non-hydrogen) atoms. The topological polar surface area (TPSA) is 37.9 Å². The van der Waals surface area contributed by atoms with E-state index in [9.17, 15) is 13.2 Å². The molecule has 0 amide bonds. The molecule has 0 aliphatic rings. The van der Waals surface area contributed by atoms with Gasteiger partial charge < -0.3 is 9.72 Å². The lowest BCUT2D eigenvalue weighted by Crippen LogP contribution is -2.05. The number of nitrogens with one attached hydrogen (secondary N) is 1. The predicted octanol–water partition coefficient (Wildman–Crippen LogP) is 4.01. The zero-order valence-corrected chi connectivity index (χ0v) is 12.2. The van der Waals surface area contributed by atoms with Gasteiger partial charge in [0.15, 0.2) is 0 Å². The van der Waals surface area contributed by atoms with Gasteiger partial charge in [-0.3, -0.25) is 0 Å². The summed E-state index contributed by atoms with van der Waals surface area (Å²) in [6, 6.07) is 5.46. The van der Waals surface area contributed by atoms with Crippen LogP contribution >= 0.6 is 0 Å². The van der Waals surface area contributed by atoms with Crippen LogP contribution in [0.1, 0.15) is 29.7 Å². The summed E-state index contributed by atoms with van der Waals surface area (Å²) in [5.74, 6) is 0. The third-order valence-electron chi connectivity index (χ3n) is 3.28. The van der Waals surface area contributed by atoms with Crippen molar-refractivity contribution < 1.29 is 17.9 Å². The molecule has 0 radical (unpaired) electrons. The summed E-state index contributed by atoms with van der Waals surface area (Å²) in [6.45, 7) is 1.19. The summed E-state index contributed by atoms with van der Waals surface area (Å²) in [6.07, 6.45) is 2.26. The molecule has 1 aromatic carbocycles. The second kappa shape index (κ2) is 7.98. The maximum atomic E-state index is 12.6. The fourth-order valence-electron chi connectivity index (χ4n) is 2.17. The van der Waals surface area contributed by atoms with Crippen molar-refractivity contribution in [3.8, 4) is 0 Å². The fraction of sp³-hybridized carbons (Fsp3) is 0.438. The normalized spacial score (nSPS) is 11.8. The molecule has 6 heteroatoms. The summed E-state index contributed by atoms with van der Waals surface area (Å²) in [5.41, 5.74) is 1.10. The Kier molecular flexibility index (Phi) is 6.00. The van der Waals surface area contributed by atoms with Gasteiger partial charge in [0.2, 0.25) is 0 Å². The highest BCUT2D eigenvalue weighted by Crippen LogP contribution is 2.29. The number of halogens is 3. The van der Waals surface area contributed by atoms with Crippen molar-refractivity contribution in [1.82, 2.24) is 9.97 Å². The van der Waals surface area contributed by atoms with Gasteiger partial charge in [-0.1, -0.05) is 18.2 Å². The Morgan fingerprint density at radius 2 is 1.86 bits per heavy atom. The van der Waals surface area contributed by atoms with E-state index in [0.717, 1.165) is 24.6 Å². The Morgan fingerprint density at radius 1 is 1.09 bits per heavy atom. The second-order valence-electron chi connectivity index (χ2n) is 5.08. The number of aromatic amines is 1. The lowest BCUT2D eigenvalue weighted by Gasteiger charge is -2.09. The molecule has 0 spiro atoms. The molecule has 1 aromatic heterocycles. The Bertz CT molecular complexity index is 553. The van der Waals surface area contributed by atoms with Crippen molar-refractivity contribution in [3.05, 3.63) is 53.6 Å². The fourth-order valence-corrected chi connectivity index (χ4v) is 2.17. The van der Waals surface area contributed by atoms with Gasteiger partial charge in [0, 0.05) is 19.4 Å². The predicted molar refractivity (Wildman–Crippen MR) is 77.5 cm³/mol. The van der Waals surface area contributed by atoms with Crippen LogP contribution in [-0.4, -0.2) is 23.2 Å². The zero-order chi connectivity index (χ0) is 15.8. The number of H-pyrrole nitrogens is 1. The van der Waals surface area contributed by atoms with E-state index >= 15 is 0 Å². The van der Waals surface area contributed by atoms with Gasteiger partial charge in [-0.2, -0.15) is 13.2 Å². The molecule has 0 aliphatic carbocycles. The SMILES string of the molecule is FC(F)(F)c1cccc(CCCOCCCc2c[nH]cn2)c1. The van der Waals surface area contributed by atoms with E-state index in [0.29, 0.717) is 31.6 Å². The molecule has 2 aromatic rings. The average Bonchev–Trinajstić information content (AvgIpc) is 2.99. The van der Waals surface area contributed by atoms with Gasteiger partial charge in [-0.15, -0.1) is 0 Å². The Balaban J connectivity index is 1.60. The monoisotopic (exact) mass is 312 g/mol. The van der Waals surface area contributed by atoms with Crippen LogP contribution in [0, 0.1) is 0 Å². The minimum atomic E-state index is -4.28. The van der Waals surface area contributed by atoms with Crippen LogP contribution < -0.4 is 0 Å². The average molecular weight is 312 g/mol. The summed E-state index contributed by atoms with van der Waals surface area (Å²) >= 11 is 0. The summed E-state index contributed by atoms with van der Waals surface area (Å²) in [4.78, 5) is 7.01. The Labute approximate surface area is 127 Å². The van der Waals surface area contributed by atoms with Gasteiger partial charge in [0.25, 0.3) is 0 Å². The smallest absolute Gasteiger partial charge is 0.381 e. The number of nitrogens with zero attached hydrogens (tertiary/aromatic N) is 1. The molecule has 3 nitrogen and oxygen atoms in total. The lowest BCUT2D eigenvalue weighted by molar-refractivity contribution is -0.137. The molecule has 0 bridgehead atoms. The quantitative estimate of drug-likeness (QED) is 0.748. The standard InChI is InChI=1S/C16H19F3N2O/c17-16(18,19)14-6-1-4-13(10-14)5-2-8-22-9-3-7-15-11-20-12-21-15/h1,4,6,10-12H,2-3,5,7-9H2,(H,20,21). The minimum absolute atomic E-state index is 0.552. The van der Waals surface area contributed by atoms with Crippen molar-refractivity contribution in [2.75, 3.05) is 13.2 Å². The Morgan fingerprint density at radius 3 is 2.55 bits per heavy atom. The maximum absolute atomic E-state index is 12.6. The van der Waals surface area contributed by atoms with Crippen molar-refractivity contribution >= 4 is 0 Å². The minimum Gasteiger partial charge on any atom is -0.381 e. The number of hydrogen-bond acceptors (Lipinski definition) is 2. The number of ether oxygens (including phenoxy) is 1. The zero-order valence-electron chi connectivity index (χ0n) is 12.2. The van der Waals surface area contributed by atoms with Crippen molar-refractivity contribution in [2.24, 2.45) is 0 Å². The first-order valence-corrected chi connectivity index (χ1v) is 7.27. The Hall–Kier alpha value is -1.82. The van der Waals surface area contributed by atoms with Gasteiger partial charge in [0.1, 0.15) is 0 Å². The number of hydrogen-bond donors (Lipinski definition) is 1. The van der Waals surface area contributed by atoms with Gasteiger partial charge in [-0.05, 0) is 37.3 Å². The van der Waals surface area contributed by atoms with Gasteiger partial charge >= 0.3 is 6.18 Å². The molecule has 0 fully saturated rings. The van der Waals surface area contributed by atoms with Crippen LogP contribution in [0.2, 0.25) is 0 Å². The number of benzene rings is 1. The highest BCUT2D eigenvalue weighted by Gasteiger charge is 2.30. The van der Waals surface area contributed by atoms with Crippen LogP contribution in [0.5, 0.6) is 0 Å². The van der Waals surface area contributed by atoms with Crippen LogP contribution in [0.15, 0.2) is 36.8 Å². The van der Waals surface area contributed by atoms with Crippen molar-refractivity contribution in [2.45, 2.75) is 31.9 Å². The number of imidazole rings is 1. The van der Waals surface area contributed by atoms with Crippen LogP contribution in [0.3, 0.4) is 0 Å². The van der Waals surface area contributed by atoms with E-state index in [4.69, 9.17) is 4.74 Å². The molecule has 0 aliphatic heterocycles. The first-order chi connectivity index (χ1) is 10.6. The lowest BCUT2D eigenvalue weighted by atomic mass is 10.1. The van der Waals surface area contributed by atoms with E-state index in [1.165, 1.54) is 12.1 Å². The van der Waals surface area contributed by atoms with E-state index in [1.54, 1.807) is 12.4 Å². The third kappa shape index (κ3) is 5.52. The molecule has 2 rings (SSSR count). The van der Waals surface area contributed by atoms with Gasteiger partial charge in [-0.25, -0.2) is 4.98 Å². The summed E-state index contributed by atoms with van der Waals surface area (Å²) in [7, 11) is 0. The second-order valence-corrected chi connectivity index (χ2v) is 5.08. The highest BCUT2D eigenvalue weighted by molar-refractivity contribution is 5.25. The molecule has 120 valence electrons. The molecule has 1 N–H and O–H groups in total. The van der Waals surface area contributed by atoms with Crippen molar-refractivity contribution in [1.29, 1.82) is 0 Å². The third-order valence-corrected chi connectivity index (χ3v) is 3.28.